The van der Waals surface area contributed by atoms with Crippen molar-refractivity contribution in [3.8, 4) is 0 Å². The predicted molar refractivity (Wildman–Crippen MR) is 93.6 cm³/mol. The van der Waals surface area contributed by atoms with Gasteiger partial charge < -0.3 is 0 Å². The Kier molecular flexibility index (Phi) is 3.62. The maximum absolute atomic E-state index is 12.4. The molecule has 0 spiro atoms. The first-order valence-corrected chi connectivity index (χ1v) is 9.88. The third kappa shape index (κ3) is 2.70. The molecule has 122 valence electrons. The maximum Gasteiger partial charge on any atom is 0.263 e. The summed E-state index contributed by atoms with van der Waals surface area (Å²) in [7, 11) is -3.63. The van der Waals surface area contributed by atoms with E-state index in [1.165, 1.54) is 16.9 Å². The van der Waals surface area contributed by atoms with E-state index in [9.17, 15) is 8.42 Å². The molecule has 0 aliphatic heterocycles. The fourth-order valence-electron chi connectivity index (χ4n) is 2.74. The molecule has 1 aliphatic carbocycles. The van der Waals surface area contributed by atoms with E-state index < -0.39 is 10.0 Å². The van der Waals surface area contributed by atoms with Crippen LogP contribution in [-0.2, 0) is 15.4 Å². The van der Waals surface area contributed by atoms with E-state index >= 15 is 0 Å². The molecule has 0 radical (unpaired) electrons. The lowest BCUT2D eigenvalue weighted by Gasteiger charge is -2.11. The van der Waals surface area contributed by atoms with E-state index in [1.54, 1.807) is 30.3 Å². The topological polar surface area (TPSA) is 72.0 Å². The van der Waals surface area contributed by atoms with E-state index in [4.69, 9.17) is 0 Å². The number of hydrogen-bond donors (Lipinski definition) is 1. The summed E-state index contributed by atoms with van der Waals surface area (Å²) in [5.74, 6) is 0. The van der Waals surface area contributed by atoms with Gasteiger partial charge in [0.15, 0.2) is 0 Å². The lowest BCUT2D eigenvalue weighted by atomic mass is 9.97. The van der Waals surface area contributed by atoms with Gasteiger partial charge in [0.05, 0.1) is 4.90 Å². The Morgan fingerprint density at radius 1 is 0.917 bits per heavy atom. The zero-order valence-electron chi connectivity index (χ0n) is 12.7. The predicted octanol–water partition coefficient (Wildman–Crippen LogP) is 3.42. The lowest BCUT2D eigenvalue weighted by Crippen LogP contribution is -2.12. The summed E-state index contributed by atoms with van der Waals surface area (Å²) in [5, 5.41) is 9.45. The second-order valence-corrected chi connectivity index (χ2v) is 8.44. The molecule has 1 fully saturated rings. The van der Waals surface area contributed by atoms with Gasteiger partial charge in [-0.2, -0.15) is 0 Å². The molecule has 1 saturated carbocycles. The minimum atomic E-state index is -3.63. The average molecular weight is 357 g/mol. The fourth-order valence-corrected chi connectivity index (χ4v) is 5.00. The zero-order chi connectivity index (χ0) is 16.6. The van der Waals surface area contributed by atoms with Gasteiger partial charge in [-0.1, -0.05) is 59.9 Å². The first-order valence-electron chi connectivity index (χ1n) is 7.58. The summed E-state index contributed by atoms with van der Waals surface area (Å²) in [4.78, 5) is 0.214. The summed E-state index contributed by atoms with van der Waals surface area (Å²) in [6.07, 6.45) is 2.02. The monoisotopic (exact) mass is 357 g/mol. The van der Waals surface area contributed by atoms with Crippen LogP contribution in [0.1, 0.15) is 23.4 Å². The first-order chi connectivity index (χ1) is 11.6. The second kappa shape index (κ2) is 5.68. The van der Waals surface area contributed by atoms with Crippen molar-refractivity contribution in [3.63, 3.8) is 0 Å². The molecule has 5 nitrogen and oxygen atoms in total. The number of nitrogens with zero attached hydrogens (tertiary/aromatic N) is 2. The third-order valence-electron chi connectivity index (χ3n) is 4.19. The van der Waals surface area contributed by atoms with E-state index in [1.807, 2.05) is 18.2 Å². The Morgan fingerprint density at radius 2 is 1.54 bits per heavy atom. The van der Waals surface area contributed by atoms with Crippen molar-refractivity contribution in [2.45, 2.75) is 23.2 Å². The number of anilines is 1. The fraction of sp³-hybridized carbons (Fsp3) is 0.176. The summed E-state index contributed by atoms with van der Waals surface area (Å²) in [5.41, 5.74) is 1.11. The number of rotatable bonds is 5. The van der Waals surface area contributed by atoms with Gasteiger partial charge in [-0.3, -0.25) is 4.72 Å². The summed E-state index contributed by atoms with van der Waals surface area (Å²) in [6, 6.07) is 18.4. The SMILES string of the molecule is O=S(=O)(Nc1nnc(C2(c3ccccc3)CC2)s1)c1ccccc1. The minimum Gasteiger partial charge on any atom is -0.253 e. The Labute approximate surface area is 144 Å². The molecule has 0 unspecified atom stereocenters. The molecule has 1 aromatic heterocycles. The molecular formula is C17H15N3O2S2. The molecule has 2 aromatic carbocycles. The Balaban J connectivity index is 1.60. The van der Waals surface area contributed by atoms with Crippen LogP contribution in [0.15, 0.2) is 65.6 Å². The van der Waals surface area contributed by atoms with Gasteiger partial charge in [0.25, 0.3) is 10.0 Å². The van der Waals surface area contributed by atoms with Gasteiger partial charge in [-0.15, -0.1) is 10.2 Å². The number of hydrogen-bond acceptors (Lipinski definition) is 5. The summed E-state index contributed by atoms with van der Waals surface area (Å²) < 4.78 is 27.3. The highest BCUT2D eigenvalue weighted by atomic mass is 32.2. The van der Waals surface area contributed by atoms with E-state index in [2.05, 4.69) is 27.1 Å². The third-order valence-corrected chi connectivity index (χ3v) is 6.71. The van der Waals surface area contributed by atoms with Crippen molar-refractivity contribution in [3.05, 3.63) is 71.2 Å². The normalized spacial score (nSPS) is 15.8. The molecule has 1 aliphatic rings. The van der Waals surface area contributed by atoms with Gasteiger partial charge in [0, 0.05) is 5.41 Å². The molecule has 3 aromatic rings. The number of benzene rings is 2. The van der Waals surface area contributed by atoms with Gasteiger partial charge in [-0.25, -0.2) is 8.42 Å². The molecule has 0 atom stereocenters. The zero-order valence-corrected chi connectivity index (χ0v) is 14.3. The largest absolute Gasteiger partial charge is 0.263 e. The van der Waals surface area contributed by atoms with Crippen molar-refractivity contribution in [2.75, 3.05) is 4.72 Å². The molecule has 24 heavy (non-hydrogen) atoms. The quantitative estimate of drug-likeness (QED) is 0.759. The molecule has 1 N–H and O–H groups in total. The number of aromatic nitrogens is 2. The Morgan fingerprint density at radius 3 is 2.17 bits per heavy atom. The Hall–Kier alpha value is -2.25. The highest BCUT2D eigenvalue weighted by Crippen LogP contribution is 2.54. The highest BCUT2D eigenvalue weighted by molar-refractivity contribution is 7.93. The molecule has 4 rings (SSSR count). The smallest absolute Gasteiger partial charge is 0.253 e. The van der Waals surface area contributed by atoms with Crippen LogP contribution in [-0.4, -0.2) is 18.6 Å². The molecule has 0 amide bonds. The summed E-state index contributed by atoms with van der Waals surface area (Å²) in [6.45, 7) is 0. The molecule has 0 bridgehead atoms. The van der Waals surface area contributed by atoms with E-state index in [-0.39, 0.29) is 10.3 Å². The Bertz CT molecular complexity index is 950. The van der Waals surface area contributed by atoms with Crippen molar-refractivity contribution < 1.29 is 8.42 Å². The van der Waals surface area contributed by atoms with E-state index in [0.717, 1.165) is 17.8 Å². The van der Waals surface area contributed by atoms with Crippen LogP contribution in [0.25, 0.3) is 0 Å². The van der Waals surface area contributed by atoms with Crippen LogP contribution in [0.2, 0.25) is 0 Å². The summed E-state index contributed by atoms with van der Waals surface area (Å²) >= 11 is 1.31. The van der Waals surface area contributed by atoms with Crippen LogP contribution < -0.4 is 4.72 Å². The van der Waals surface area contributed by atoms with Crippen molar-refractivity contribution in [1.82, 2.24) is 10.2 Å². The van der Waals surface area contributed by atoms with Gasteiger partial charge >= 0.3 is 0 Å². The van der Waals surface area contributed by atoms with Crippen LogP contribution in [0.3, 0.4) is 0 Å². The minimum absolute atomic E-state index is 0.102. The van der Waals surface area contributed by atoms with Crippen molar-refractivity contribution >= 4 is 26.5 Å². The molecule has 1 heterocycles. The van der Waals surface area contributed by atoms with Crippen LogP contribution in [0.5, 0.6) is 0 Å². The molecule has 0 saturated heterocycles. The second-order valence-electron chi connectivity index (χ2n) is 5.78. The van der Waals surface area contributed by atoms with Crippen LogP contribution in [0, 0.1) is 0 Å². The average Bonchev–Trinajstić information content (AvgIpc) is 3.30. The van der Waals surface area contributed by atoms with Gasteiger partial charge in [0.2, 0.25) is 5.13 Å². The lowest BCUT2D eigenvalue weighted by molar-refractivity contribution is 0.601. The number of nitrogens with one attached hydrogen (secondary N) is 1. The highest BCUT2D eigenvalue weighted by Gasteiger charge is 2.49. The van der Waals surface area contributed by atoms with Gasteiger partial charge in [0.1, 0.15) is 5.01 Å². The van der Waals surface area contributed by atoms with Gasteiger partial charge in [-0.05, 0) is 30.5 Å². The van der Waals surface area contributed by atoms with Crippen molar-refractivity contribution in [1.29, 1.82) is 0 Å². The standard InChI is InChI=1S/C17H15N3O2S2/c21-24(22,14-9-5-2-6-10-14)20-16-19-18-15(23-16)17(11-12-17)13-7-3-1-4-8-13/h1-10H,11-12H2,(H,19,20). The first kappa shape index (κ1) is 15.3. The van der Waals surface area contributed by atoms with Crippen molar-refractivity contribution in [2.24, 2.45) is 0 Å². The number of sulfonamides is 1. The van der Waals surface area contributed by atoms with E-state index in [0.29, 0.717) is 5.13 Å². The molecular weight excluding hydrogens is 342 g/mol. The maximum atomic E-state index is 12.4. The molecule has 7 heteroatoms. The van der Waals surface area contributed by atoms with Crippen LogP contribution in [0.4, 0.5) is 5.13 Å². The van der Waals surface area contributed by atoms with Crippen LogP contribution >= 0.6 is 11.3 Å².